The Balaban J connectivity index is 2.20. The molecule has 0 unspecified atom stereocenters. The molecule has 1 heterocycles. The van der Waals surface area contributed by atoms with E-state index in [0.717, 1.165) is 5.56 Å². The van der Waals surface area contributed by atoms with Gasteiger partial charge in [0, 0.05) is 18.2 Å². The molecular formula is C15H19F2N3. The van der Waals surface area contributed by atoms with Crippen LogP contribution < -0.4 is 5.32 Å². The average molecular weight is 279 g/mol. The summed E-state index contributed by atoms with van der Waals surface area (Å²) in [5, 5.41) is 7.25. The molecule has 5 heteroatoms. The lowest BCUT2D eigenvalue weighted by Gasteiger charge is -2.11. The molecule has 0 atom stereocenters. The molecule has 2 aromatic rings. The van der Waals surface area contributed by atoms with Gasteiger partial charge >= 0.3 is 0 Å². The lowest BCUT2D eigenvalue weighted by molar-refractivity contribution is 0.138. The number of rotatable bonds is 6. The van der Waals surface area contributed by atoms with E-state index in [9.17, 15) is 8.78 Å². The number of nitrogens with one attached hydrogen (secondary N) is 1. The Morgan fingerprint density at radius 1 is 1.20 bits per heavy atom. The fourth-order valence-corrected chi connectivity index (χ4v) is 2.02. The second-order valence-corrected chi connectivity index (χ2v) is 5.03. The Hall–Kier alpha value is -1.75. The summed E-state index contributed by atoms with van der Waals surface area (Å²) in [4.78, 5) is 0. The smallest absolute Gasteiger partial charge is 0.280 e. The first-order valence-electron chi connectivity index (χ1n) is 6.68. The van der Waals surface area contributed by atoms with E-state index in [-0.39, 0.29) is 11.7 Å². The number of hydrogen-bond donors (Lipinski definition) is 1. The van der Waals surface area contributed by atoms with E-state index in [2.05, 4.69) is 10.4 Å². The van der Waals surface area contributed by atoms with Crippen molar-refractivity contribution in [3.05, 3.63) is 53.3 Å². The maximum absolute atomic E-state index is 13.3. The van der Waals surface area contributed by atoms with Crippen LogP contribution in [0.25, 0.3) is 0 Å². The predicted octanol–water partition coefficient (Wildman–Crippen LogP) is 3.37. The molecule has 0 saturated heterocycles. The van der Waals surface area contributed by atoms with Gasteiger partial charge < -0.3 is 5.32 Å². The highest BCUT2D eigenvalue weighted by Crippen LogP contribution is 2.23. The molecule has 0 bridgehead atoms. The minimum Gasteiger partial charge on any atom is -0.310 e. The summed E-state index contributed by atoms with van der Waals surface area (Å²) < 4.78 is 27.9. The Morgan fingerprint density at radius 3 is 2.50 bits per heavy atom. The van der Waals surface area contributed by atoms with Crippen molar-refractivity contribution < 1.29 is 8.78 Å². The number of halogens is 2. The maximum Gasteiger partial charge on any atom is 0.280 e. The highest BCUT2D eigenvalue weighted by Gasteiger charge is 2.20. The molecule has 3 nitrogen and oxygen atoms in total. The third-order valence-electron chi connectivity index (χ3n) is 3.04. The first-order valence-corrected chi connectivity index (χ1v) is 6.68. The Morgan fingerprint density at radius 2 is 1.90 bits per heavy atom. The fraction of sp³-hybridized carbons (Fsp3) is 0.400. The molecule has 1 aromatic heterocycles. The van der Waals surface area contributed by atoms with Crippen molar-refractivity contribution in [2.45, 2.75) is 39.4 Å². The third kappa shape index (κ3) is 3.63. The number of benzene rings is 1. The standard InChI is InChI=1S/C15H19F2N3/c1-11(2)18-8-13-9-19-20(14(13)15(16)17)10-12-6-4-3-5-7-12/h3-7,9,11,15,18H,8,10H2,1-2H3. The second-order valence-electron chi connectivity index (χ2n) is 5.03. The molecule has 0 radical (unpaired) electrons. The summed E-state index contributed by atoms with van der Waals surface area (Å²) in [5.74, 6) is 0. The van der Waals surface area contributed by atoms with Gasteiger partial charge in [-0.1, -0.05) is 44.2 Å². The molecule has 0 amide bonds. The average Bonchev–Trinajstić information content (AvgIpc) is 2.80. The normalized spacial score (nSPS) is 11.5. The van der Waals surface area contributed by atoms with E-state index in [1.165, 1.54) is 10.9 Å². The van der Waals surface area contributed by atoms with Gasteiger partial charge in [-0.25, -0.2) is 8.78 Å². The number of alkyl halides is 2. The van der Waals surface area contributed by atoms with Crippen LogP contribution >= 0.6 is 0 Å². The van der Waals surface area contributed by atoms with Gasteiger partial charge in [0.15, 0.2) is 0 Å². The van der Waals surface area contributed by atoms with Crippen LogP contribution in [0.15, 0.2) is 36.5 Å². The zero-order valence-electron chi connectivity index (χ0n) is 11.7. The van der Waals surface area contributed by atoms with Crippen LogP contribution in [0.5, 0.6) is 0 Å². The zero-order chi connectivity index (χ0) is 14.5. The molecule has 0 aliphatic heterocycles. The van der Waals surface area contributed by atoms with Gasteiger partial charge in [-0.15, -0.1) is 0 Å². The number of aromatic nitrogens is 2. The summed E-state index contributed by atoms with van der Waals surface area (Å²) in [6.45, 7) is 4.74. The molecule has 108 valence electrons. The third-order valence-corrected chi connectivity index (χ3v) is 3.04. The van der Waals surface area contributed by atoms with E-state index in [1.807, 2.05) is 44.2 Å². The summed E-state index contributed by atoms with van der Waals surface area (Å²) in [6, 6.07) is 9.74. The van der Waals surface area contributed by atoms with Crippen LogP contribution in [0.2, 0.25) is 0 Å². The predicted molar refractivity (Wildman–Crippen MR) is 74.7 cm³/mol. The highest BCUT2D eigenvalue weighted by molar-refractivity contribution is 5.22. The van der Waals surface area contributed by atoms with Crippen LogP contribution in [0.4, 0.5) is 8.78 Å². The van der Waals surface area contributed by atoms with E-state index >= 15 is 0 Å². The number of nitrogens with zero attached hydrogens (tertiary/aromatic N) is 2. The van der Waals surface area contributed by atoms with Crippen LogP contribution in [0.1, 0.15) is 37.1 Å². The van der Waals surface area contributed by atoms with Gasteiger partial charge in [-0.2, -0.15) is 5.10 Å². The molecule has 2 rings (SSSR count). The minimum atomic E-state index is -2.52. The Kier molecular flexibility index (Phi) is 4.84. The summed E-state index contributed by atoms with van der Waals surface area (Å²) >= 11 is 0. The van der Waals surface area contributed by atoms with Crippen LogP contribution in [-0.4, -0.2) is 15.8 Å². The van der Waals surface area contributed by atoms with Crippen LogP contribution in [-0.2, 0) is 13.1 Å². The highest BCUT2D eigenvalue weighted by atomic mass is 19.3. The first-order chi connectivity index (χ1) is 9.58. The lowest BCUT2D eigenvalue weighted by Crippen LogP contribution is -2.22. The van der Waals surface area contributed by atoms with Gasteiger partial charge in [0.2, 0.25) is 0 Å². The van der Waals surface area contributed by atoms with Crippen molar-refractivity contribution in [2.75, 3.05) is 0 Å². The quantitative estimate of drug-likeness (QED) is 0.878. The molecule has 0 aliphatic rings. The number of hydrogen-bond acceptors (Lipinski definition) is 2. The van der Waals surface area contributed by atoms with Gasteiger partial charge in [-0.3, -0.25) is 4.68 Å². The Labute approximate surface area is 117 Å². The molecular weight excluding hydrogens is 260 g/mol. The molecule has 0 fully saturated rings. The zero-order valence-corrected chi connectivity index (χ0v) is 11.7. The van der Waals surface area contributed by atoms with Gasteiger partial charge in [0.05, 0.1) is 12.7 Å². The molecule has 1 N–H and O–H groups in total. The molecule has 20 heavy (non-hydrogen) atoms. The maximum atomic E-state index is 13.3. The lowest BCUT2D eigenvalue weighted by atomic mass is 10.2. The van der Waals surface area contributed by atoms with E-state index in [4.69, 9.17) is 0 Å². The summed E-state index contributed by atoms with van der Waals surface area (Å²) in [6.07, 6.45) is -0.995. The topological polar surface area (TPSA) is 29.9 Å². The molecule has 1 aromatic carbocycles. The second kappa shape index (κ2) is 6.61. The van der Waals surface area contributed by atoms with Crippen molar-refractivity contribution in [1.29, 1.82) is 0 Å². The van der Waals surface area contributed by atoms with E-state index < -0.39 is 6.43 Å². The van der Waals surface area contributed by atoms with Crippen molar-refractivity contribution in [2.24, 2.45) is 0 Å². The first kappa shape index (κ1) is 14.7. The van der Waals surface area contributed by atoms with Gasteiger partial charge in [-0.05, 0) is 5.56 Å². The monoisotopic (exact) mass is 279 g/mol. The molecule has 0 spiro atoms. The van der Waals surface area contributed by atoms with E-state index in [1.54, 1.807) is 0 Å². The van der Waals surface area contributed by atoms with E-state index in [0.29, 0.717) is 18.7 Å². The summed E-state index contributed by atoms with van der Waals surface area (Å²) in [5.41, 5.74) is 1.52. The van der Waals surface area contributed by atoms with Crippen molar-refractivity contribution in [1.82, 2.24) is 15.1 Å². The molecule has 0 saturated carbocycles. The summed E-state index contributed by atoms with van der Waals surface area (Å²) in [7, 11) is 0. The largest absolute Gasteiger partial charge is 0.310 e. The van der Waals surface area contributed by atoms with Crippen LogP contribution in [0, 0.1) is 0 Å². The van der Waals surface area contributed by atoms with Crippen molar-refractivity contribution >= 4 is 0 Å². The van der Waals surface area contributed by atoms with Gasteiger partial charge in [0.1, 0.15) is 5.69 Å². The Bertz CT molecular complexity index is 535. The minimum absolute atomic E-state index is 0.00185. The van der Waals surface area contributed by atoms with Crippen molar-refractivity contribution in [3.8, 4) is 0 Å². The SMILES string of the molecule is CC(C)NCc1cnn(Cc2ccccc2)c1C(F)F. The van der Waals surface area contributed by atoms with Gasteiger partial charge in [0.25, 0.3) is 6.43 Å². The fourth-order valence-electron chi connectivity index (χ4n) is 2.02. The van der Waals surface area contributed by atoms with Crippen LogP contribution in [0.3, 0.4) is 0 Å². The molecule has 0 aliphatic carbocycles. The van der Waals surface area contributed by atoms with Crippen molar-refractivity contribution in [3.63, 3.8) is 0 Å².